The van der Waals surface area contributed by atoms with Gasteiger partial charge in [-0.2, -0.15) is 0 Å². The predicted octanol–water partition coefficient (Wildman–Crippen LogP) is -1.15. The zero-order valence-electron chi connectivity index (χ0n) is 5.31. The van der Waals surface area contributed by atoms with Crippen LogP contribution < -0.4 is 0 Å². The molecule has 0 amide bonds. The molecule has 1 N–H and O–H groups in total. The number of carbonyl (C=O) groups is 2. The Morgan fingerprint density at radius 2 is 1.91 bits per heavy atom. The van der Waals surface area contributed by atoms with Crippen LogP contribution in [-0.2, 0) is 14.4 Å². The molecule has 0 aromatic heterocycles. The molecule has 0 bridgehead atoms. The van der Waals surface area contributed by atoms with E-state index in [9.17, 15) is 19.5 Å². The fraction of sp³-hybridized carbons (Fsp3) is 0. The molecule has 58 valence electrons. The van der Waals surface area contributed by atoms with E-state index in [0.717, 1.165) is 0 Å². The Labute approximate surface area is 95.2 Å². The van der Waals surface area contributed by atoms with Crippen LogP contribution in [0.4, 0.5) is -0.211 Å². The molecule has 0 aliphatic carbocycles. The molecular weight excluding hydrogens is 192 g/mol. The summed E-state index contributed by atoms with van der Waals surface area (Å²) >= 11 is -0.438. The third kappa shape index (κ3) is 9.91. The van der Waals surface area contributed by atoms with Crippen molar-refractivity contribution < 1.29 is 24.4 Å². The second-order valence-electron chi connectivity index (χ2n) is 0.908. The van der Waals surface area contributed by atoms with Crippen molar-refractivity contribution in [3.63, 3.8) is 0 Å². The number of hydrogen-bond donors (Lipinski definition) is 1. The average molecular weight is 193 g/mol. The number of carbonyl (C=O) groups excluding carboxylic acids is 1. The molecule has 11 heavy (non-hydrogen) atoms. The van der Waals surface area contributed by atoms with Gasteiger partial charge in [0.2, 0.25) is 0 Å². The summed E-state index contributed by atoms with van der Waals surface area (Å²) in [6.45, 7) is 0. The first-order valence-corrected chi connectivity index (χ1v) is 3.19. The van der Waals surface area contributed by atoms with Crippen LogP contribution in [0.5, 0.6) is 0 Å². The first-order valence-electron chi connectivity index (χ1n) is 2.01. The molecule has 7 nitrogen and oxygen atoms in total. The van der Waals surface area contributed by atoms with Gasteiger partial charge in [0.25, 0.3) is 0 Å². The van der Waals surface area contributed by atoms with E-state index in [1.807, 2.05) is 0 Å². The summed E-state index contributed by atoms with van der Waals surface area (Å²) in [7, 11) is 0. The SMILES string of the molecule is O=C(O)C(=O)O[N+](=O)[O-].[F][K]. The van der Waals surface area contributed by atoms with E-state index in [1.165, 1.54) is 0 Å². The van der Waals surface area contributed by atoms with Gasteiger partial charge < -0.3 is 5.11 Å². The van der Waals surface area contributed by atoms with Crippen molar-refractivity contribution in [1.82, 2.24) is 0 Å². The summed E-state index contributed by atoms with van der Waals surface area (Å²) < 4.78 is 9.69. The summed E-state index contributed by atoms with van der Waals surface area (Å²) in [5, 5.41) is 15.4. The zero-order valence-corrected chi connectivity index (χ0v) is 8.44. The summed E-state index contributed by atoms with van der Waals surface area (Å²) in [6.07, 6.45) is 0. The molecule has 0 aromatic carbocycles. The second kappa shape index (κ2) is 8.01. The number of nitrogens with zero attached hydrogens (tertiary/aromatic N) is 1. The maximum absolute atomic E-state index is 9.69. The van der Waals surface area contributed by atoms with Crippen molar-refractivity contribution >= 4 is 61.8 Å². The molecule has 0 spiro atoms. The van der Waals surface area contributed by atoms with Gasteiger partial charge in [0.05, 0.1) is 0 Å². The summed E-state index contributed by atoms with van der Waals surface area (Å²) in [6, 6.07) is 0. The van der Waals surface area contributed by atoms with Crippen LogP contribution in [0.25, 0.3) is 0 Å². The Balaban J connectivity index is 0. The van der Waals surface area contributed by atoms with E-state index >= 15 is 0 Å². The summed E-state index contributed by atoms with van der Waals surface area (Å²) in [4.78, 5) is 31.4. The van der Waals surface area contributed by atoms with Crippen molar-refractivity contribution in [2.24, 2.45) is 0 Å². The van der Waals surface area contributed by atoms with Crippen molar-refractivity contribution in [3.05, 3.63) is 10.1 Å². The van der Waals surface area contributed by atoms with Gasteiger partial charge >= 0.3 is 66.7 Å². The van der Waals surface area contributed by atoms with Crippen molar-refractivity contribution in [3.8, 4) is 0 Å². The molecular formula is C2HFKNO6. The van der Waals surface area contributed by atoms with Gasteiger partial charge in [0.1, 0.15) is 0 Å². The molecule has 0 aromatic rings. The molecule has 0 rings (SSSR count). The zero-order chi connectivity index (χ0) is 9.44. The molecule has 9 heteroatoms. The van der Waals surface area contributed by atoms with E-state index in [-0.39, 0.29) is 0 Å². The molecule has 0 aliphatic heterocycles. The molecule has 0 atom stereocenters. The molecule has 0 unspecified atom stereocenters. The Morgan fingerprint density at radius 3 is 2.00 bits per heavy atom. The van der Waals surface area contributed by atoms with Crippen LogP contribution >= 0.6 is 0 Å². The van der Waals surface area contributed by atoms with Gasteiger partial charge in [-0.15, -0.1) is 10.1 Å². The van der Waals surface area contributed by atoms with Crippen molar-refractivity contribution in [2.45, 2.75) is 0 Å². The number of rotatable bonds is 1. The minimum absolute atomic E-state index is 0.438. The standard InChI is InChI=1S/C2HNO6.FH.K/c4-1(5)2(6)9-3(7)8;;/h(H,4,5);1H;/q;;+1/p-1. The van der Waals surface area contributed by atoms with Gasteiger partial charge in [-0.05, 0) is 0 Å². The van der Waals surface area contributed by atoms with Crippen LogP contribution in [0.2, 0.25) is 0 Å². The van der Waals surface area contributed by atoms with Gasteiger partial charge in [-0.1, -0.05) is 0 Å². The van der Waals surface area contributed by atoms with E-state index in [0.29, 0.717) is 0 Å². The van der Waals surface area contributed by atoms with E-state index < -0.39 is 66.9 Å². The number of aliphatic carboxylic acids is 1. The number of carboxylic acid groups (broad SMARTS) is 1. The molecule has 0 saturated heterocycles. The first kappa shape index (κ1) is 13.5. The molecule has 0 fully saturated rings. The van der Waals surface area contributed by atoms with Crippen LogP contribution in [0.3, 0.4) is 0 Å². The first-order chi connectivity index (χ1) is 5.04. The predicted molar refractivity (Wildman–Crippen MR) is 27.6 cm³/mol. The monoisotopic (exact) mass is 193 g/mol. The van der Waals surface area contributed by atoms with Gasteiger partial charge in [0.15, 0.2) is 0 Å². The molecule has 0 radical (unpaired) electrons. The Morgan fingerprint density at radius 1 is 1.55 bits per heavy atom. The van der Waals surface area contributed by atoms with Crippen molar-refractivity contribution in [2.75, 3.05) is 0 Å². The molecule has 0 aliphatic rings. The van der Waals surface area contributed by atoms with E-state index in [4.69, 9.17) is 5.11 Å². The number of carboxylic acids is 1. The van der Waals surface area contributed by atoms with Crippen LogP contribution in [-0.4, -0.2) is 72.0 Å². The second-order valence-corrected chi connectivity index (χ2v) is 0.908. The number of hydrogen-bond acceptors (Lipinski definition) is 5. The summed E-state index contributed by atoms with van der Waals surface area (Å²) in [5.74, 6) is -3.90. The fourth-order valence-corrected chi connectivity index (χ4v) is 0.107. The molecule has 0 heterocycles. The summed E-state index contributed by atoms with van der Waals surface area (Å²) in [5.41, 5.74) is 0. The Hall–Kier alpha value is -0.0936. The maximum atomic E-state index is 9.69. The van der Waals surface area contributed by atoms with Gasteiger partial charge in [-0.3, -0.25) is 4.79 Å². The van der Waals surface area contributed by atoms with Gasteiger partial charge in [0, 0.05) is 0 Å². The van der Waals surface area contributed by atoms with E-state index in [2.05, 4.69) is 4.84 Å². The third-order valence-corrected chi connectivity index (χ3v) is 0.332. The molecule has 0 saturated carbocycles. The van der Waals surface area contributed by atoms with Crippen molar-refractivity contribution in [1.29, 1.82) is 0 Å². The quantitative estimate of drug-likeness (QED) is 0.244. The minimum atomic E-state index is -1.99. The number of halogens is 1. The van der Waals surface area contributed by atoms with Crippen LogP contribution in [0, 0.1) is 10.1 Å². The third-order valence-electron chi connectivity index (χ3n) is 0.332. The van der Waals surface area contributed by atoms with E-state index in [1.54, 1.807) is 0 Å². The van der Waals surface area contributed by atoms with Crippen LogP contribution in [0.15, 0.2) is 0 Å². The topological polar surface area (TPSA) is 107 Å². The average Bonchev–Trinajstić information content (AvgIpc) is 1.90. The van der Waals surface area contributed by atoms with Gasteiger partial charge in [-0.25, -0.2) is 9.63 Å². The normalized spacial score (nSPS) is 7.18. The van der Waals surface area contributed by atoms with Crippen LogP contribution in [0.1, 0.15) is 0 Å². The Kier molecular flexibility index (Phi) is 9.82. The Bertz CT molecular complexity index is 170. The fourth-order valence-electron chi connectivity index (χ4n) is 0.107.